The number of aromatic amines is 1. The van der Waals surface area contributed by atoms with E-state index < -0.39 is 0 Å². The number of imidazole rings is 1. The van der Waals surface area contributed by atoms with Crippen molar-refractivity contribution >= 4 is 22.6 Å². The molecule has 1 fully saturated rings. The molecule has 0 bridgehead atoms. The summed E-state index contributed by atoms with van der Waals surface area (Å²) in [6, 6.07) is 5.60. The molecule has 1 aliphatic rings. The van der Waals surface area contributed by atoms with Gasteiger partial charge >= 0.3 is 5.69 Å². The molecule has 0 aliphatic carbocycles. The average molecular weight is 252 g/mol. The molecule has 2 N–H and O–H groups in total. The van der Waals surface area contributed by atoms with Crippen LogP contribution in [0, 0.1) is 5.92 Å². The summed E-state index contributed by atoms with van der Waals surface area (Å²) in [5.41, 5.74) is 1.57. The lowest BCUT2D eigenvalue weighted by atomic mass is 10.1. The number of nitrogens with zero attached hydrogens (tertiary/aromatic N) is 1. The Balaban J connectivity index is 2.06. The van der Waals surface area contributed by atoms with E-state index >= 15 is 0 Å². The highest BCUT2D eigenvalue weighted by molar-refractivity contribution is 6.34. The molecule has 1 unspecified atom stereocenters. The topological polar surface area (TPSA) is 49.8 Å². The summed E-state index contributed by atoms with van der Waals surface area (Å²) in [6.07, 6.45) is 1.12. The lowest BCUT2D eigenvalue weighted by Gasteiger charge is -2.09. The second-order valence-corrected chi connectivity index (χ2v) is 4.94. The highest BCUT2D eigenvalue weighted by Gasteiger charge is 2.18. The lowest BCUT2D eigenvalue weighted by Crippen LogP contribution is -2.22. The number of rotatable bonds is 2. The third-order valence-corrected chi connectivity index (χ3v) is 3.68. The van der Waals surface area contributed by atoms with Crippen LogP contribution in [0.25, 0.3) is 11.0 Å². The van der Waals surface area contributed by atoms with Crippen LogP contribution in [0.5, 0.6) is 0 Å². The van der Waals surface area contributed by atoms with E-state index in [1.54, 1.807) is 10.6 Å². The van der Waals surface area contributed by atoms with Crippen LogP contribution in [0.2, 0.25) is 5.02 Å². The van der Waals surface area contributed by atoms with E-state index in [1.807, 2.05) is 12.1 Å². The molecule has 17 heavy (non-hydrogen) atoms. The number of nitrogens with one attached hydrogen (secondary N) is 2. The number of fused-ring (bicyclic) bond motifs is 1. The zero-order valence-corrected chi connectivity index (χ0v) is 10.1. The highest BCUT2D eigenvalue weighted by Crippen LogP contribution is 2.21. The zero-order valence-electron chi connectivity index (χ0n) is 9.37. The van der Waals surface area contributed by atoms with Crippen molar-refractivity contribution in [3.8, 4) is 0 Å². The molecule has 1 aromatic heterocycles. The fourth-order valence-electron chi connectivity index (χ4n) is 2.45. The first-order chi connectivity index (χ1) is 8.25. The molecular weight excluding hydrogens is 238 g/mol. The van der Waals surface area contributed by atoms with Gasteiger partial charge in [0.15, 0.2) is 0 Å². The third-order valence-electron chi connectivity index (χ3n) is 3.36. The molecule has 1 saturated heterocycles. The first-order valence-corrected chi connectivity index (χ1v) is 6.21. The van der Waals surface area contributed by atoms with Crippen LogP contribution >= 0.6 is 11.6 Å². The van der Waals surface area contributed by atoms with Gasteiger partial charge in [-0.1, -0.05) is 17.7 Å². The first-order valence-electron chi connectivity index (χ1n) is 5.83. The maximum absolute atomic E-state index is 11.9. The summed E-state index contributed by atoms with van der Waals surface area (Å²) < 4.78 is 1.79. The van der Waals surface area contributed by atoms with Gasteiger partial charge in [-0.05, 0) is 37.6 Å². The van der Waals surface area contributed by atoms with Crippen LogP contribution in [-0.2, 0) is 6.54 Å². The van der Waals surface area contributed by atoms with Crippen LogP contribution in [0.1, 0.15) is 6.42 Å². The molecule has 0 amide bonds. The highest BCUT2D eigenvalue weighted by atomic mass is 35.5. The average Bonchev–Trinajstić information content (AvgIpc) is 2.91. The number of hydrogen-bond donors (Lipinski definition) is 2. The normalized spacial score (nSPS) is 20.2. The largest absolute Gasteiger partial charge is 0.326 e. The van der Waals surface area contributed by atoms with Crippen LogP contribution in [-0.4, -0.2) is 22.6 Å². The van der Waals surface area contributed by atoms with Crippen LogP contribution in [0.3, 0.4) is 0 Å². The molecule has 2 aromatic rings. The summed E-state index contributed by atoms with van der Waals surface area (Å²) in [4.78, 5) is 14.7. The van der Waals surface area contributed by atoms with Gasteiger partial charge in [-0.25, -0.2) is 4.79 Å². The predicted molar refractivity (Wildman–Crippen MR) is 68.5 cm³/mol. The van der Waals surface area contributed by atoms with E-state index in [0.29, 0.717) is 10.9 Å². The summed E-state index contributed by atoms with van der Waals surface area (Å²) >= 11 is 6.06. The van der Waals surface area contributed by atoms with E-state index in [2.05, 4.69) is 10.3 Å². The Labute approximate surface area is 104 Å². The fourth-order valence-corrected chi connectivity index (χ4v) is 2.67. The monoisotopic (exact) mass is 251 g/mol. The Bertz CT molecular complexity index is 595. The van der Waals surface area contributed by atoms with Crippen molar-refractivity contribution in [3.63, 3.8) is 0 Å². The van der Waals surface area contributed by atoms with Gasteiger partial charge in [0, 0.05) is 6.54 Å². The molecule has 1 aliphatic heterocycles. The molecule has 4 nitrogen and oxygen atoms in total. The van der Waals surface area contributed by atoms with Crippen molar-refractivity contribution in [1.82, 2.24) is 14.9 Å². The molecule has 0 spiro atoms. The Hall–Kier alpha value is -1.26. The first kappa shape index (κ1) is 10.9. The smallest absolute Gasteiger partial charge is 0.316 e. The van der Waals surface area contributed by atoms with Crippen molar-refractivity contribution < 1.29 is 0 Å². The molecule has 1 aromatic carbocycles. The van der Waals surface area contributed by atoms with Gasteiger partial charge in [-0.3, -0.25) is 4.57 Å². The van der Waals surface area contributed by atoms with Gasteiger partial charge in [-0.15, -0.1) is 0 Å². The van der Waals surface area contributed by atoms with E-state index in [9.17, 15) is 4.79 Å². The molecular formula is C12H14ClN3O. The van der Waals surface area contributed by atoms with Crippen LogP contribution in [0.15, 0.2) is 23.0 Å². The number of para-hydroxylation sites is 1. The zero-order chi connectivity index (χ0) is 11.8. The maximum Gasteiger partial charge on any atom is 0.326 e. The predicted octanol–water partition coefficient (Wildman–Crippen LogP) is 1.59. The van der Waals surface area contributed by atoms with E-state index in [0.717, 1.165) is 37.1 Å². The van der Waals surface area contributed by atoms with Crippen molar-refractivity contribution in [2.45, 2.75) is 13.0 Å². The van der Waals surface area contributed by atoms with E-state index in [-0.39, 0.29) is 5.69 Å². The third kappa shape index (κ3) is 1.87. The van der Waals surface area contributed by atoms with Crippen molar-refractivity contribution in [2.75, 3.05) is 13.1 Å². The molecule has 2 heterocycles. The minimum atomic E-state index is -0.0694. The van der Waals surface area contributed by atoms with Gasteiger partial charge < -0.3 is 10.3 Å². The second-order valence-electron chi connectivity index (χ2n) is 4.53. The Kier molecular flexibility index (Phi) is 2.68. The fraction of sp³-hybridized carbons (Fsp3) is 0.417. The van der Waals surface area contributed by atoms with Gasteiger partial charge in [0.2, 0.25) is 0 Å². The van der Waals surface area contributed by atoms with Gasteiger partial charge in [0.25, 0.3) is 0 Å². The molecule has 0 saturated carbocycles. The number of halogens is 1. The lowest BCUT2D eigenvalue weighted by molar-refractivity contribution is 0.481. The number of aromatic nitrogens is 2. The SMILES string of the molecule is O=c1[nH]c2c(Cl)cccc2n1CC1CCNC1. The summed E-state index contributed by atoms with van der Waals surface area (Å²) in [6.45, 7) is 2.79. The Morgan fingerprint density at radius 2 is 2.35 bits per heavy atom. The van der Waals surface area contributed by atoms with E-state index in [4.69, 9.17) is 11.6 Å². The summed E-state index contributed by atoms with van der Waals surface area (Å²) in [5.74, 6) is 0.533. The molecule has 0 radical (unpaired) electrons. The van der Waals surface area contributed by atoms with Crippen molar-refractivity contribution in [2.24, 2.45) is 5.92 Å². The van der Waals surface area contributed by atoms with Crippen molar-refractivity contribution in [3.05, 3.63) is 33.7 Å². The van der Waals surface area contributed by atoms with E-state index in [1.165, 1.54) is 0 Å². The minimum Gasteiger partial charge on any atom is -0.316 e. The number of hydrogen-bond acceptors (Lipinski definition) is 2. The molecule has 1 atom stereocenters. The molecule has 90 valence electrons. The Morgan fingerprint density at radius 1 is 1.47 bits per heavy atom. The van der Waals surface area contributed by atoms with Crippen LogP contribution < -0.4 is 11.0 Å². The van der Waals surface area contributed by atoms with Gasteiger partial charge in [0.1, 0.15) is 0 Å². The van der Waals surface area contributed by atoms with Crippen LogP contribution in [0.4, 0.5) is 0 Å². The van der Waals surface area contributed by atoms with Gasteiger partial charge in [-0.2, -0.15) is 0 Å². The maximum atomic E-state index is 11.9. The number of H-pyrrole nitrogens is 1. The summed E-state index contributed by atoms with van der Waals surface area (Å²) in [7, 11) is 0. The van der Waals surface area contributed by atoms with Crippen molar-refractivity contribution in [1.29, 1.82) is 0 Å². The minimum absolute atomic E-state index is 0.0694. The quantitative estimate of drug-likeness (QED) is 0.852. The summed E-state index contributed by atoms with van der Waals surface area (Å²) in [5, 5.41) is 3.91. The molecule has 5 heteroatoms. The second kappa shape index (κ2) is 4.20. The standard InChI is InChI=1S/C12H14ClN3O/c13-9-2-1-3-10-11(9)15-12(17)16(10)7-8-4-5-14-6-8/h1-3,8,14H,4-7H2,(H,15,17). The number of benzene rings is 1. The Morgan fingerprint density at radius 3 is 3.12 bits per heavy atom. The molecule has 3 rings (SSSR count). The van der Waals surface area contributed by atoms with Gasteiger partial charge in [0.05, 0.1) is 16.1 Å².